The highest BCUT2D eigenvalue weighted by Crippen LogP contribution is 2.27. The van der Waals surface area contributed by atoms with Crippen molar-refractivity contribution >= 4 is 21.5 Å². The van der Waals surface area contributed by atoms with Crippen molar-refractivity contribution in [1.29, 1.82) is 0 Å². The highest BCUT2D eigenvalue weighted by molar-refractivity contribution is 7.85. The van der Waals surface area contributed by atoms with Crippen LogP contribution in [0.5, 0.6) is 0 Å². The molecule has 1 aliphatic heterocycles. The molecule has 0 saturated heterocycles. The fourth-order valence-electron chi connectivity index (χ4n) is 1.71. The molecule has 0 amide bonds. The Kier molecular flexibility index (Phi) is 3.36. The first-order valence-corrected chi connectivity index (χ1v) is 6.69. The standard InChI is InChI=1S/C10H10F2N4O3S/c1-5-2-3-6(20(17,18)19)4-7(5)8-9(11)14-16(12)15-10(8)13/h2-4,14H,1H3,(H2,13,15)(H,17,18,19). The van der Waals surface area contributed by atoms with Gasteiger partial charge in [0.25, 0.3) is 10.1 Å². The van der Waals surface area contributed by atoms with Crippen molar-refractivity contribution in [2.45, 2.75) is 11.8 Å². The molecule has 0 spiro atoms. The van der Waals surface area contributed by atoms with E-state index in [2.05, 4.69) is 5.10 Å². The van der Waals surface area contributed by atoms with Crippen LogP contribution < -0.4 is 11.2 Å². The van der Waals surface area contributed by atoms with Crippen molar-refractivity contribution in [3.05, 3.63) is 35.3 Å². The second kappa shape index (κ2) is 4.72. The number of nitrogens with zero attached hydrogens (tertiary/aromatic N) is 2. The Balaban J connectivity index is 2.64. The van der Waals surface area contributed by atoms with Crippen LogP contribution in [0, 0.1) is 6.92 Å². The molecule has 108 valence electrons. The van der Waals surface area contributed by atoms with Crippen LogP contribution in [0.3, 0.4) is 0 Å². The molecule has 2 rings (SSSR count). The number of hydrazine groups is 1. The van der Waals surface area contributed by atoms with Gasteiger partial charge in [0.15, 0.2) is 5.84 Å². The SMILES string of the molecule is Cc1ccc(S(=O)(=O)O)cc1C1=C(F)NN(F)N=C1N. The topological polar surface area (TPSA) is 108 Å². The fraction of sp³-hybridized carbons (Fsp3) is 0.100. The maximum absolute atomic E-state index is 13.8. The summed E-state index contributed by atoms with van der Waals surface area (Å²) in [6.07, 6.45) is 0. The molecule has 7 nitrogen and oxygen atoms in total. The van der Waals surface area contributed by atoms with E-state index in [1.54, 1.807) is 12.3 Å². The zero-order valence-corrected chi connectivity index (χ0v) is 10.9. The van der Waals surface area contributed by atoms with E-state index in [9.17, 15) is 17.3 Å². The average Bonchev–Trinajstić information content (AvgIpc) is 2.28. The number of amidine groups is 1. The lowest BCUT2D eigenvalue weighted by Gasteiger charge is -2.20. The summed E-state index contributed by atoms with van der Waals surface area (Å²) in [7, 11) is -4.46. The molecule has 0 bridgehead atoms. The molecule has 1 aliphatic rings. The monoisotopic (exact) mass is 304 g/mol. The van der Waals surface area contributed by atoms with Gasteiger partial charge in [-0.15, -0.1) is 5.10 Å². The lowest BCUT2D eigenvalue weighted by molar-refractivity contribution is -0.0268. The normalized spacial score (nSPS) is 16.0. The maximum Gasteiger partial charge on any atom is 0.294 e. The van der Waals surface area contributed by atoms with Crippen LogP contribution >= 0.6 is 0 Å². The molecule has 1 aromatic carbocycles. The smallest absolute Gasteiger partial charge is 0.294 e. The molecular formula is C10H10F2N4O3S. The number of hydrogen-bond acceptors (Lipinski definition) is 6. The van der Waals surface area contributed by atoms with Crippen molar-refractivity contribution in [3.63, 3.8) is 0 Å². The summed E-state index contributed by atoms with van der Waals surface area (Å²) in [6.45, 7) is 1.57. The molecule has 10 heteroatoms. The van der Waals surface area contributed by atoms with Gasteiger partial charge in [-0.25, -0.2) is 5.43 Å². The molecule has 0 fully saturated rings. The summed E-state index contributed by atoms with van der Waals surface area (Å²) in [6, 6.07) is 3.53. The number of hydrazone groups is 1. The predicted octanol–water partition coefficient (Wildman–Crippen LogP) is 0.857. The summed E-state index contributed by atoms with van der Waals surface area (Å²) in [5.74, 6) is -1.60. The van der Waals surface area contributed by atoms with Crippen LogP contribution in [0.25, 0.3) is 5.57 Å². The number of nitrogens with two attached hydrogens (primary N) is 1. The zero-order chi connectivity index (χ0) is 15.1. The molecule has 0 aliphatic carbocycles. The Morgan fingerprint density at radius 3 is 2.65 bits per heavy atom. The Hall–Kier alpha value is -2.20. The number of aryl methyl sites for hydroxylation is 1. The second-order valence-electron chi connectivity index (χ2n) is 4.00. The highest BCUT2D eigenvalue weighted by Gasteiger charge is 2.24. The summed E-state index contributed by atoms with van der Waals surface area (Å²) < 4.78 is 57.7. The van der Waals surface area contributed by atoms with E-state index in [0.29, 0.717) is 5.56 Å². The van der Waals surface area contributed by atoms with Gasteiger partial charge in [0.2, 0.25) is 5.95 Å². The first-order chi connectivity index (χ1) is 9.20. The van der Waals surface area contributed by atoms with E-state index in [-0.39, 0.29) is 11.1 Å². The summed E-state index contributed by atoms with van der Waals surface area (Å²) in [5, 5.41) is 2.76. The van der Waals surface area contributed by atoms with Gasteiger partial charge >= 0.3 is 0 Å². The first-order valence-electron chi connectivity index (χ1n) is 5.25. The molecule has 0 atom stereocenters. The third kappa shape index (κ3) is 2.56. The predicted molar refractivity (Wildman–Crippen MR) is 66.7 cm³/mol. The molecule has 20 heavy (non-hydrogen) atoms. The summed E-state index contributed by atoms with van der Waals surface area (Å²) in [5.41, 5.74) is 7.33. The number of hydrogen-bond donors (Lipinski definition) is 3. The molecule has 0 saturated carbocycles. The van der Waals surface area contributed by atoms with Gasteiger partial charge in [-0.2, -0.15) is 12.8 Å². The van der Waals surface area contributed by atoms with Crippen LogP contribution in [-0.4, -0.2) is 24.1 Å². The lowest BCUT2D eigenvalue weighted by atomic mass is 10.00. The quantitative estimate of drug-likeness (QED) is 0.425. The van der Waals surface area contributed by atoms with Gasteiger partial charge < -0.3 is 5.73 Å². The van der Waals surface area contributed by atoms with Crippen molar-refractivity contribution < 1.29 is 21.8 Å². The molecule has 0 aromatic heterocycles. The number of rotatable bonds is 2. The van der Waals surface area contributed by atoms with E-state index in [0.717, 1.165) is 12.1 Å². The van der Waals surface area contributed by atoms with Crippen molar-refractivity contribution in [3.8, 4) is 0 Å². The van der Waals surface area contributed by atoms with Crippen LogP contribution in [0.15, 0.2) is 34.1 Å². The molecule has 1 heterocycles. The minimum Gasteiger partial charge on any atom is -0.381 e. The van der Waals surface area contributed by atoms with E-state index in [4.69, 9.17) is 10.3 Å². The fourth-order valence-corrected chi connectivity index (χ4v) is 2.21. The van der Waals surface area contributed by atoms with Crippen molar-refractivity contribution in [2.75, 3.05) is 0 Å². The van der Waals surface area contributed by atoms with Crippen molar-refractivity contribution in [1.82, 2.24) is 10.8 Å². The molecule has 0 unspecified atom stereocenters. The maximum atomic E-state index is 13.8. The van der Waals surface area contributed by atoms with Crippen LogP contribution in [0.1, 0.15) is 11.1 Å². The number of halogens is 2. The zero-order valence-electron chi connectivity index (χ0n) is 10.1. The molecule has 1 aromatic rings. The average molecular weight is 304 g/mol. The number of nitrogens with one attached hydrogen (secondary N) is 1. The Labute approximate surface area is 113 Å². The van der Waals surface area contributed by atoms with Gasteiger partial charge in [-0.3, -0.25) is 4.55 Å². The van der Waals surface area contributed by atoms with Crippen molar-refractivity contribution in [2.24, 2.45) is 10.8 Å². The van der Waals surface area contributed by atoms with Gasteiger partial charge in [-0.1, -0.05) is 10.5 Å². The Morgan fingerprint density at radius 2 is 2.10 bits per heavy atom. The minimum absolute atomic E-state index is 0.0690. The van der Waals surface area contributed by atoms with E-state index in [1.807, 2.05) is 0 Å². The Bertz CT molecular complexity index is 730. The third-order valence-corrected chi connectivity index (χ3v) is 3.49. The van der Waals surface area contributed by atoms with Gasteiger partial charge in [-0.05, 0) is 35.5 Å². The molecule has 0 radical (unpaired) electrons. The highest BCUT2D eigenvalue weighted by atomic mass is 32.2. The number of benzene rings is 1. The van der Waals surface area contributed by atoms with Gasteiger partial charge in [0.1, 0.15) is 0 Å². The minimum atomic E-state index is -4.46. The second-order valence-corrected chi connectivity index (χ2v) is 5.42. The van der Waals surface area contributed by atoms with Crippen LogP contribution in [0.4, 0.5) is 8.87 Å². The van der Waals surface area contributed by atoms with E-state index < -0.39 is 32.1 Å². The van der Waals surface area contributed by atoms with E-state index in [1.165, 1.54) is 6.07 Å². The lowest BCUT2D eigenvalue weighted by Crippen LogP contribution is -2.35. The summed E-state index contributed by atoms with van der Waals surface area (Å²) in [4.78, 5) is -0.436. The van der Waals surface area contributed by atoms with Crippen LogP contribution in [0.2, 0.25) is 0 Å². The van der Waals surface area contributed by atoms with Gasteiger partial charge in [0, 0.05) is 0 Å². The van der Waals surface area contributed by atoms with E-state index >= 15 is 0 Å². The Morgan fingerprint density at radius 1 is 1.45 bits per heavy atom. The van der Waals surface area contributed by atoms with Crippen LogP contribution in [-0.2, 0) is 10.1 Å². The van der Waals surface area contributed by atoms with Gasteiger partial charge in [0.05, 0.1) is 10.5 Å². The summed E-state index contributed by atoms with van der Waals surface area (Å²) >= 11 is 0. The third-order valence-electron chi connectivity index (χ3n) is 2.64. The largest absolute Gasteiger partial charge is 0.381 e. The first kappa shape index (κ1) is 14.2. The molecule has 4 N–H and O–H groups in total. The molecular weight excluding hydrogens is 294 g/mol.